The largest absolute Gasteiger partial charge is 0.492 e. The molecule has 2 aromatic carbocycles. The first-order chi connectivity index (χ1) is 18.4. The molecule has 0 aliphatic rings. The van der Waals surface area contributed by atoms with Crippen LogP contribution in [0.1, 0.15) is 52.7 Å². The van der Waals surface area contributed by atoms with Gasteiger partial charge >= 0.3 is 11.9 Å². The van der Waals surface area contributed by atoms with E-state index in [1.807, 2.05) is 52.0 Å². The fourth-order valence-electron chi connectivity index (χ4n) is 3.39. The van der Waals surface area contributed by atoms with Crippen LogP contribution in [0.25, 0.3) is 0 Å². The Labute approximate surface area is 235 Å². The van der Waals surface area contributed by atoms with E-state index in [-0.39, 0.29) is 0 Å². The minimum Gasteiger partial charge on any atom is -0.492 e. The predicted molar refractivity (Wildman–Crippen MR) is 151 cm³/mol. The van der Waals surface area contributed by atoms with E-state index in [9.17, 15) is 9.59 Å². The molecule has 0 N–H and O–H groups in total. The molecule has 212 valence electrons. The van der Waals surface area contributed by atoms with Crippen molar-refractivity contribution < 1.29 is 38.0 Å². The second-order valence-electron chi connectivity index (χ2n) is 8.74. The number of esters is 2. The van der Waals surface area contributed by atoms with Crippen LogP contribution in [0.3, 0.4) is 0 Å². The zero-order valence-corrected chi connectivity index (χ0v) is 24.8. The molecular weight excluding hydrogens is 520 g/mol. The Morgan fingerprint density at radius 2 is 1.10 bits per heavy atom. The van der Waals surface area contributed by atoms with E-state index in [0.717, 1.165) is 20.9 Å². The summed E-state index contributed by atoms with van der Waals surface area (Å²) in [6.45, 7) is 22.1. The van der Waals surface area contributed by atoms with Crippen molar-refractivity contribution in [1.29, 1.82) is 0 Å². The van der Waals surface area contributed by atoms with Gasteiger partial charge in [-0.25, -0.2) is 9.59 Å². The highest BCUT2D eigenvalue weighted by molar-refractivity contribution is 7.99. The molecule has 0 saturated heterocycles. The van der Waals surface area contributed by atoms with Crippen LogP contribution in [0, 0.1) is 13.8 Å². The maximum absolute atomic E-state index is 11.8. The summed E-state index contributed by atoms with van der Waals surface area (Å²) in [7, 11) is 0. The molecule has 2 atom stereocenters. The van der Waals surface area contributed by atoms with Gasteiger partial charge in [0, 0.05) is 36.1 Å². The van der Waals surface area contributed by atoms with Crippen LogP contribution < -0.4 is 18.9 Å². The molecule has 39 heavy (non-hydrogen) atoms. The maximum atomic E-state index is 11.8. The van der Waals surface area contributed by atoms with Crippen molar-refractivity contribution >= 4 is 23.7 Å². The first-order valence-corrected chi connectivity index (χ1v) is 13.5. The number of rotatable bonds is 14. The SMILES string of the molecule is C=C(C)C(=O)OC(C)Oc1ccc(Sc2ccc(OC(C)OC(=O)C(=C)C)c(C)c2OCC)c(OCC)c1C. The first-order valence-electron chi connectivity index (χ1n) is 12.7. The van der Waals surface area contributed by atoms with Crippen molar-refractivity contribution in [2.24, 2.45) is 0 Å². The molecular formula is C30H38O8S. The fraction of sp³-hybridized carbons (Fsp3) is 0.400. The number of carbonyl (C=O) groups excluding carboxylic acids is 2. The maximum Gasteiger partial charge on any atom is 0.336 e. The van der Waals surface area contributed by atoms with E-state index in [1.165, 1.54) is 11.8 Å². The predicted octanol–water partition coefficient (Wildman–Crippen LogP) is 6.94. The van der Waals surface area contributed by atoms with Gasteiger partial charge in [0.1, 0.15) is 23.0 Å². The summed E-state index contributed by atoms with van der Waals surface area (Å²) in [5.74, 6) is 1.33. The molecule has 0 bridgehead atoms. The van der Waals surface area contributed by atoms with Crippen LogP contribution in [-0.2, 0) is 19.1 Å². The topological polar surface area (TPSA) is 89.5 Å². The number of carbonyl (C=O) groups is 2. The second kappa shape index (κ2) is 14.5. The van der Waals surface area contributed by atoms with Gasteiger partial charge in [-0.2, -0.15) is 0 Å². The average molecular weight is 559 g/mol. The summed E-state index contributed by atoms with van der Waals surface area (Å²) in [4.78, 5) is 25.4. The highest BCUT2D eigenvalue weighted by atomic mass is 32.2. The average Bonchev–Trinajstić information content (AvgIpc) is 2.86. The van der Waals surface area contributed by atoms with Gasteiger partial charge in [-0.1, -0.05) is 24.9 Å². The Morgan fingerprint density at radius 3 is 1.41 bits per heavy atom. The van der Waals surface area contributed by atoms with Crippen LogP contribution in [0.4, 0.5) is 0 Å². The molecule has 9 heteroatoms. The van der Waals surface area contributed by atoms with E-state index >= 15 is 0 Å². The lowest BCUT2D eigenvalue weighted by molar-refractivity contribution is -0.157. The summed E-state index contributed by atoms with van der Waals surface area (Å²) in [6.07, 6.45) is -1.62. The minimum atomic E-state index is -0.808. The van der Waals surface area contributed by atoms with Crippen molar-refractivity contribution in [1.82, 2.24) is 0 Å². The summed E-state index contributed by atoms with van der Waals surface area (Å²) >= 11 is 1.48. The third-order valence-electron chi connectivity index (χ3n) is 5.27. The van der Waals surface area contributed by atoms with Crippen molar-refractivity contribution in [3.05, 3.63) is 59.7 Å². The molecule has 0 spiro atoms. The van der Waals surface area contributed by atoms with Gasteiger partial charge in [0.2, 0.25) is 12.6 Å². The second-order valence-corrected chi connectivity index (χ2v) is 9.83. The smallest absolute Gasteiger partial charge is 0.336 e. The molecule has 8 nitrogen and oxygen atoms in total. The molecule has 0 aliphatic carbocycles. The molecule has 0 amide bonds. The molecule has 0 aromatic heterocycles. The molecule has 0 radical (unpaired) electrons. The minimum absolute atomic E-state index is 0.295. The van der Waals surface area contributed by atoms with Crippen LogP contribution in [0.15, 0.2) is 58.4 Å². The monoisotopic (exact) mass is 558 g/mol. The van der Waals surface area contributed by atoms with Gasteiger partial charge in [0.05, 0.1) is 23.0 Å². The normalized spacial score (nSPS) is 12.1. The standard InChI is InChI=1S/C30H38O8S/c1-11-33-27-19(7)23(35-21(9)37-29(31)17(3)4)13-15-25(27)39-26-16-14-24(20(8)28(26)34-12-2)36-22(10)38-30(32)18(5)6/h13-16,21-22H,3,5,11-12H2,1-2,4,6-10H3. The molecule has 0 heterocycles. The summed E-state index contributed by atoms with van der Waals surface area (Å²) < 4.78 is 34.3. The fourth-order valence-corrected chi connectivity index (χ4v) is 4.51. The number of ether oxygens (including phenoxy) is 6. The lowest BCUT2D eigenvalue weighted by atomic mass is 10.2. The first kappa shape index (κ1) is 31.6. The number of hydrogen-bond acceptors (Lipinski definition) is 9. The van der Waals surface area contributed by atoms with E-state index in [1.54, 1.807) is 27.7 Å². The molecule has 0 saturated carbocycles. The molecule has 2 unspecified atom stereocenters. The van der Waals surface area contributed by atoms with Gasteiger partial charge in [-0.15, -0.1) is 0 Å². The molecule has 2 aromatic rings. The quantitative estimate of drug-likeness (QED) is 0.139. The van der Waals surface area contributed by atoms with E-state index in [0.29, 0.717) is 47.4 Å². The highest BCUT2D eigenvalue weighted by Crippen LogP contribution is 2.46. The third kappa shape index (κ3) is 8.71. The Balaban J connectivity index is 2.36. The molecule has 0 fully saturated rings. The van der Waals surface area contributed by atoms with Gasteiger partial charge in [-0.05, 0) is 65.8 Å². The highest BCUT2D eigenvalue weighted by Gasteiger charge is 2.21. The lowest BCUT2D eigenvalue weighted by Gasteiger charge is -2.22. The number of hydrogen-bond donors (Lipinski definition) is 0. The summed E-state index contributed by atoms with van der Waals surface area (Å²) in [5, 5.41) is 0. The van der Waals surface area contributed by atoms with Gasteiger partial charge in [0.15, 0.2) is 0 Å². The Bertz CT molecular complexity index is 1130. The zero-order valence-electron chi connectivity index (χ0n) is 24.0. The van der Waals surface area contributed by atoms with Crippen molar-refractivity contribution in [3.8, 4) is 23.0 Å². The molecule has 0 aliphatic heterocycles. The van der Waals surface area contributed by atoms with Gasteiger partial charge in [-0.3, -0.25) is 0 Å². The Kier molecular flexibility index (Phi) is 11.8. The van der Waals surface area contributed by atoms with Crippen LogP contribution in [-0.4, -0.2) is 37.7 Å². The molecule has 2 rings (SSSR count). The van der Waals surface area contributed by atoms with Crippen molar-refractivity contribution in [2.75, 3.05) is 13.2 Å². The Hall–Kier alpha value is -3.59. The van der Waals surface area contributed by atoms with Crippen LogP contribution in [0.5, 0.6) is 23.0 Å². The number of benzene rings is 2. The summed E-state index contributed by atoms with van der Waals surface area (Å²) in [6, 6.07) is 7.40. The van der Waals surface area contributed by atoms with Crippen molar-refractivity contribution in [3.63, 3.8) is 0 Å². The van der Waals surface area contributed by atoms with E-state index in [4.69, 9.17) is 28.4 Å². The van der Waals surface area contributed by atoms with E-state index < -0.39 is 24.5 Å². The van der Waals surface area contributed by atoms with E-state index in [2.05, 4.69) is 13.2 Å². The van der Waals surface area contributed by atoms with Gasteiger partial charge < -0.3 is 28.4 Å². The van der Waals surface area contributed by atoms with Gasteiger partial charge in [0.25, 0.3) is 0 Å². The Morgan fingerprint density at radius 1 is 0.744 bits per heavy atom. The van der Waals surface area contributed by atoms with Crippen molar-refractivity contribution in [2.45, 2.75) is 77.8 Å². The van der Waals surface area contributed by atoms with Crippen LogP contribution in [0.2, 0.25) is 0 Å². The zero-order chi connectivity index (χ0) is 29.3. The van der Waals surface area contributed by atoms with Crippen LogP contribution >= 0.6 is 11.8 Å². The lowest BCUT2D eigenvalue weighted by Crippen LogP contribution is -2.21. The summed E-state index contributed by atoms with van der Waals surface area (Å²) in [5.41, 5.74) is 2.12. The third-order valence-corrected chi connectivity index (χ3v) is 6.35.